The van der Waals surface area contributed by atoms with E-state index in [1.165, 1.54) is 0 Å². The molecule has 4 heteroatoms. The number of aliphatic carboxylic acids is 1. The number of hydrogen-bond acceptors (Lipinski definition) is 3. The van der Waals surface area contributed by atoms with Gasteiger partial charge in [-0.05, 0) is 26.7 Å². The van der Waals surface area contributed by atoms with Gasteiger partial charge in [-0.25, -0.2) is 0 Å². The van der Waals surface area contributed by atoms with Crippen molar-refractivity contribution in [1.29, 1.82) is 0 Å². The molecule has 0 saturated carbocycles. The van der Waals surface area contributed by atoms with E-state index in [4.69, 9.17) is 9.84 Å². The quantitative estimate of drug-likeness (QED) is 0.614. The third-order valence-corrected chi connectivity index (χ3v) is 3.05. The zero-order valence-corrected chi connectivity index (χ0v) is 11.4. The van der Waals surface area contributed by atoms with E-state index in [0.29, 0.717) is 0 Å². The summed E-state index contributed by atoms with van der Waals surface area (Å²) in [7, 11) is 0. The number of carboxylic acids is 1. The van der Waals surface area contributed by atoms with Crippen molar-refractivity contribution in [3.05, 3.63) is 0 Å². The van der Waals surface area contributed by atoms with Crippen LogP contribution >= 0.6 is 0 Å². The van der Waals surface area contributed by atoms with Crippen molar-refractivity contribution in [2.45, 2.75) is 59.7 Å². The molecule has 2 atom stereocenters. The lowest BCUT2D eigenvalue weighted by Crippen LogP contribution is -2.34. The number of carbonyl (C=O) groups is 1. The van der Waals surface area contributed by atoms with Crippen molar-refractivity contribution >= 4 is 5.97 Å². The van der Waals surface area contributed by atoms with Crippen LogP contribution in [0.1, 0.15) is 53.4 Å². The first kappa shape index (κ1) is 16.4. The predicted molar refractivity (Wildman–Crippen MR) is 66.7 cm³/mol. The molecule has 0 fully saturated rings. The first-order valence-corrected chi connectivity index (χ1v) is 6.38. The molecule has 2 N–H and O–H groups in total. The molecule has 0 radical (unpaired) electrons. The third-order valence-electron chi connectivity index (χ3n) is 3.05. The first-order valence-electron chi connectivity index (χ1n) is 6.38. The smallest absolute Gasteiger partial charge is 0.311 e. The molecule has 0 aliphatic heterocycles. The number of aliphatic hydroxyl groups is 1. The average Bonchev–Trinajstić information content (AvgIpc) is 2.27. The molecule has 0 aliphatic rings. The Balaban J connectivity index is 4.14. The molecule has 2 unspecified atom stereocenters. The Labute approximate surface area is 104 Å². The molecule has 0 aromatic carbocycles. The van der Waals surface area contributed by atoms with E-state index >= 15 is 0 Å². The van der Waals surface area contributed by atoms with Crippen LogP contribution in [0.4, 0.5) is 0 Å². The topological polar surface area (TPSA) is 66.8 Å². The molecule has 0 bridgehead atoms. The normalized spacial score (nSPS) is 15.6. The van der Waals surface area contributed by atoms with Crippen LogP contribution in [0.5, 0.6) is 0 Å². The summed E-state index contributed by atoms with van der Waals surface area (Å²) >= 11 is 0. The molecule has 0 rings (SSSR count). The van der Waals surface area contributed by atoms with Gasteiger partial charge in [0.2, 0.25) is 0 Å². The van der Waals surface area contributed by atoms with Crippen molar-refractivity contribution in [1.82, 2.24) is 0 Å². The number of unbranched alkanes of at least 4 members (excludes halogenated alkanes) is 1. The molecule has 0 aliphatic carbocycles. The van der Waals surface area contributed by atoms with Crippen LogP contribution in [-0.4, -0.2) is 29.1 Å². The molecule has 0 aromatic heterocycles. The summed E-state index contributed by atoms with van der Waals surface area (Å²) in [5, 5.41) is 18.8. The molecule has 0 spiro atoms. The van der Waals surface area contributed by atoms with Crippen molar-refractivity contribution in [2.75, 3.05) is 6.61 Å². The summed E-state index contributed by atoms with van der Waals surface area (Å²) in [5.41, 5.74) is -0.954. The first-order chi connectivity index (χ1) is 7.85. The molecule has 0 aromatic rings. The van der Waals surface area contributed by atoms with Gasteiger partial charge in [0.05, 0.1) is 12.0 Å². The maximum Gasteiger partial charge on any atom is 0.311 e. The van der Waals surface area contributed by atoms with E-state index in [9.17, 15) is 9.90 Å². The molecular formula is C13H26O4. The number of ether oxygens (including phenoxy) is 1. The van der Waals surface area contributed by atoms with E-state index in [2.05, 4.69) is 6.92 Å². The Morgan fingerprint density at radius 3 is 2.35 bits per heavy atom. The van der Waals surface area contributed by atoms with Crippen LogP contribution in [0.25, 0.3) is 0 Å². The van der Waals surface area contributed by atoms with Gasteiger partial charge in [-0.1, -0.05) is 26.7 Å². The van der Waals surface area contributed by atoms with Crippen molar-refractivity contribution in [3.63, 3.8) is 0 Å². The zero-order valence-electron chi connectivity index (χ0n) is 11.4. The van der Waals surface area contributed by atoms with Gasteiger partial charge in [0.1, 0.15) is 0 Å². The monoisotopic (exact) mass is 246 g/mol. The fourth-order valence-corrected chi connectivity index (χ4v) is 1.51. The highest BCUT2D eigenvalue weighted by Gasteiger charge is 2.29. The van der Waals surface area contributed by atoms with Crippen molar-refractivity contribution < 1.29 is 19.7 Å². The summed E-state index contributed by atoms with van der Waals surface area (Å²) in [4.78, 5) is 10.9. The Kier molecular flexibility index (Phi) is 7.39. The summed E-state index contributed by atoms with van der Waals surface area (Å²) in [6.45, 7) is 7.33. The second-order valence-corrected chi connectivity index (χ2v) is 5.20. The molecule has 102 valence electrons. The number of hydrogen-bond donors (Lipinski definition) is 2. The van der Waals surface area contributed by atoms with Gasteiger partial charge >= 0.3 is 5.97 Å². The van der Waals surface area contributed by atoms with Gasteiger partial charge in [-0.2, -0.15) is 0 Å². The van der Waals surface area contributed by atoms with Crippen LogP contribution < -0.4 is 0 Å². The summed E-state index contributed by atoms with van der Waals surface area (Å²) < 4.78 is 5.29. The second-order valence-electron chi connectivity index (χ2n) is 5.20. The predicted octanol–water partition coefficient (Wildman–Crippen LogP) is 2.65. The molecule has 17 heavy (non-hydrogen) atoms. The highest BCUT2D eigenvalue weighted by Crippen LogP contribution is 2.21. The van der Waals surface area contributed by atoms with Crippen LogP contribution in [0.3, 0.4) is 0 Å². The van der Waals surface area contributed by atoms with E-state index < -0.39 is 17.7 Å². The minimum absolute atomic E-state index is 0.0339. The lowest BCUT2D eigenvalue weighted by atomic mass is 9.95. The molecule has 0 saturated heterocycles. The van der Waals surface area contributed by atoms with Crippen LogP contribution in [0.15, 0.2) is 0 Å². The SMILES string of the molecule is CCCCC(CC)C(O)OCC(C)(C)C(=O)O. The summed E-state index contributed by atoms with van der Waals surface area (Å²) in [6.07, 6.45) is 3.05. The third kappa shape index (κ3) is 6.03. The largest absolute Gasteiger partial charge is 0.481 e. The van der Waals surface area contributed by atoms with Crippen molar-refractivity contribution in [2.24, 2.45) is 11.3 Å². The zero-order chi connectivity index (χ0) is 13.5. The minimum Gasteiger partial charge on any atom is -0.481 e. The maximum atomic E-state index is 10.9. The highest BCUT2D eigenvalue weighted by atomic mass is 16.6. The minimum atomic E-state index is -0.954. The van der Waals surface area contributed by atoms with Crippen LogP contribution in [-0.2, 0) is 9.53 Å². The van der Waals surface area contributed by atoms with E-state index in [1.807, 2.05) is 6.92 Å². The fraction of sp³-hybridized carbons (Fsp3) is 0.923. The average molecular weight is 246 g/mol. The summed E-state index contributed by atoms with van der Waals surface area (Å²) in [5.74, 6) is -0.814. The Morgan fingerprint density at radius 1 is 1.35 bits per heavy atom. The van der Waals surface area contributed by atoms with Gasteiger partial charge in [0, 0.05) is 5.92 Å². The Morgan fingerprint density at radius 2 is 1.94 bits per heavy atom. The van der Waals surface area contributed by atoms with E-state index in [1.54, 1.807) is 13.8 Å². The van der Waals surface area contributed by atoms with Gasteiger partial charge in [0.25, 0.3) is 0 Å². The highest BCUT2D eigenvalue weighted by molar-refractivity contribution is 5.73. The Hall–Kier alpha value is -0.610. The molecular weight excluding hydrogens is 220 g/mol. The van der Waals surface area contributed by atoms with Gasteiger partial charge in [-0.3, -0.25) is 4.79 Å². The number of carboxylic acid groups (broad SMARTS) is 1. The lowest BCUT2D eigenvalue weighted by Gasteiger charge is -2.26. The van der Waals surface area contributed by atoms with E-state index in [-0.39, 0.29) is 12.5 Å². The standard InChI is InChI=1S/C13H26O4/c1-5-7-8-10(6-2)11(14)17-9-13(3,4)12(15)16/h10-11,14H,5-9H2,1-4H3,(H,15,16). The molecule has 0 heterocycles. The maximum absolute atomic E-state index is 10.9. The molecule has 4 nitrogen and oxygen atoms in total. The fourth-order valence-electron chi connectivity index (χ4n) is 1.51. The summed E-state index contributed by atoms with van der Waals surface area (Å²) in [6, 6.07) is 0. The number of rotatable bonds is 9. The molecule has 0 amide bonds. The van der Waals surface area contributed by atoms with Crippen molar-refractivity contribution in [3.8, 4) is 0 Å². The van der Waals surface area contributed by atoms with Gasteiger partial charge in [0.15, 0.2) is 6.29 Å². The van der Waals surface area contributed by atoms with E-state index in [0.717, 1.165) is 25.7 Å². The van der Waals surface area contributed by atoms with Gasteiger partial charge in [-0.15, -0.1) is 0 Å². The Bertz CT molecular complexity index is 225. The van der Waals surface area contributed by atoms with Gasteiger partial charge < -0.3 is 14.9 Å². The second kappa shape index (κ2) is 7.67. The van der Waals surface area contributed by atoms with Crippen LogP contribution in [0.2, 0.25) is 0 Å². The lowest BCUT2D eigenvalue weighted by molar-refractivity contribution is -0.172. The number of aliphatic hydroxyl groups excluding tert-OH is 1. The van der Waals surface area contributed by atoms with Crippen LogP contribution in [0, 0.1) is 11.3 Å².